The van der Waals surface area contributed by atoms with Gasteiger partial charge in [-0.25, -0.2) is 8.42 Å². The molecule has 0 radical (unpaired) electrons. The van der Waals surface area contributed by atoms with E-state index in [1.165, 1.54) is 16.4 Å². The molecule has 0 saturated carbocycles. The first-order chi connectivity index (χ1) is 8.71. The minimum absolute atomic E-state index is 0.194. The Morgan fingerprint density at radius 2 is 1.84 bits per heavy atom. The molecule has 0 amide bonds. The Bertz CT molecular complexity index is 684. The molecule has 19 heavy (non-hydrogen) atoms. The van der Waals surface area contributed by atoms with E-state index in [9.17, 15) is 20.7 Å². The predicted molar refractivity (Wildman–Crippen MR) is 67.3 cm³/mol. The van der Waals surface area contributed by atoms with Crippen LogP contribution in [0.4, 0.5) is 3.89 Å². The summed E-state index contributed by atoms with van der Waals surface area (Å²) in [5.74, 6) is 0.267. The Hall–Kier alpha value is -0.990. The minimum atomic E-state index is -4.90. The van der Waals surface area contributed by atoms with Crippen LogP contribution < -0.4 is 0 Å². The first-order valence-electron chi connectivity index (χ1n) is 5.76. The highest BCUT2D eigenvalue weighted by Gasteiger charge is 2.31. The van der Waals surface area contributed by atoms with Crippen molar-refractivity contribution in [2.75, 3.05) is 13.1 Å². The van der Waals surface area contributed by atoms with Gasteiger partial charge in [-0.1, -0.05) is 13.0 Å². The van der Waals surface area contributed by atoms with Gasteiger partial charge in [0.2, 0.25) is 10.0 Å². The Balaban J connectivity index is 2.42. The zero-order valence-electron chi connectivity index (χ0n) is 10.3. The molecule has 0 aromatic heterocycles. The fourth-order valence-corrected chi connectivity index (χ4v) is 4.25. The molecule has 0 N–H and O–H groups in total. The summed E-state index contributed by atoms with van der Waals surface area (Å²) in [4.78, 5) is -0.832. The molecule has 0 bridgehead atoms. The second-order valence-corrected chi connectivity index (χ2v) is 7.95. The van der Waals surface area contributed by atoms with Crippen molar-refractivity contribution in [3.05, 3.63) is 24.3 Å². The summed E-state index contributed by atoms with van der Waals surface area (Å²) in [6.45, 7) is 2.74. The predicted octanol–water partition coefficient (Wildman–Crippen LogP) is 1.38. The molecule has 0 aliphatic carbocycles. The highest BCUT2D eigenvalue weighted by molar-refractivity contribution is 7.89. The second kappa shape index (κ2) is 4.84. The number of sulfonamides is 1. The molecule has 1 unspecified atom stereocenters. The summed E-state index contributed by atoms with van der Waals surface area (Å²) < 4.78 is 60.3. The number of benzene rings is 1. The van der Waals surface area contributed by atoms with E-state index in [1.54, 1.807) is 0 Å². The normalized spacial score (nSPS) is 21.7. The third-order valence-electron chi connectivity index (χ3n) is 3.11. The van der Waals surface area contributed by atoms with Crippen LogP contribution in [-0.4, -0.2) is 34.2 Å². The molecule has 1 heterocycles. The van der Waals surface area contributed by atoms with E-state index in [0.29, 0.717) is 13.1 Å². The lowest BCUT2D eigenvalue weighted by atomic mass is 10.2. The Labute approximate surface area is 112 Å². The van der Waals surface area contributed by atoms with Gasteiger partial charge in [0.05, 0.1) is 9.79 Å². The zero-order valence-corrected chi connectivity index (χ0v) is 11.9. The zero-order chi connectivity index (χ0) is 14.3. The van der Waals surface area contributed by atoms with Gasteiger partial charge in [-0.2, -0.15) is 12.7 Å². The maximum Gasteiger partial charge on any atom is 0.332 e. The van der Waals surface area contributed by atoms with Crippen molar-refractivity contribution < 1.29 is 20.7 Å². The van der Waals surface area contributed by atoms with E-state index >= 15 is 0 Å². The fraction of sp³-hybridized carbons (Fsp3) is 0.455. The largest absolute Gasteiger partial charge is 0.332 e. The first kappa shape index (κ1) is 14.4. The maximum atomic E-state index is 12.9. The van der Waals surface area contributed by atoms with E-state index < -0.39 is 25.1 Å². The first-order valence-corrected chi connectivity index (χ1v) is 8.58. The molecular formula is C11H14FNO4S2. The summed E-state index contributed by atoms with van der Waals surface area (Å²) >= 11 is 0. The average molecular weight is 307 g/mol. The molecule has 1 aliphatic heterocycles. The van der Waals surface area contributed by atoms with E-state index in [0.717, 1.165) is 18.6 Å². The number of halogens is 1. The quantitative estimate of drug-likeness (QED) is 0.791. The smallest absolute Gasteiger partial charge is 0.207 e. The van der Waals surface area contributed by atoms with Crippen LogP contribution >= 0.6 is 0 Å². The van der Waals surface area contributed by atoms with E-state index in [2.05, 4.69) is 0 Å². The van der Waals surface area contributed by atoms with Crippen molar-refractivity contribution in [3.63, 3.8) is 0 Å². The molecule has 1 aromatic carbocycles. The molecule has 1 aromatic rings. The number of rotatable bonds is 3. The summed E-state index contributed by atoms with van der Waals surface area (Å²) in [5.41, 5.74) is 0. The van der Waals surface area contributed by atoms with Crippen molar-refractivity contribution >= 4 is 20.2 Å². The van der Waals surface area contributed by atoms with Gasteiger partial charge < -0.3 is 0 Å². The van der Waals surface area contributed by atoms with Crippen LogP contribution in [-0.2, 0) is 20.2 Å². The van der Waals surface area contributed by atoms with Crippen LogP contribution in [0.25, 0.3) is 0 Å². The molecule has 8 heteroatoms. The average Bonchev–Trinajstić information content (AvgIpc) is 2.76. The Morgan fingerprint density at radius 3 is 2.37 bits per heavy atom. The van der Waals surface area contributed by atoms with Crippen molar-refractivity contribution in [3.8, 4) is 0 Å². The van der Waals surface area contributed by atoms with E-state index in [-0.39, 0.29) is 10.8 Å². The highest BCUT2D eigenvalue weighted by atomic mass is 32.3. The number of hydrogen-bond acceptors (Lipinski definition) is 4. The molecule has 106 valence electrons. The summed E-state index contributed by atoms with van der Waals surface area (Å²) in [7, 11) is -8.66. The minimum Gasteiger partial charge on any atom is -0.207 e. The Morgan fingerprint density at radius 1 is 1.21 bits per heavy atom. The molecule has 1 fully saturated rings. The second-order valence-electron chi connectivity index (χ2n) is 4.67. The van der Waals surface area contributed by atoms with Gasteiger partial charge in [0.25, 0.3) is 0 Å². The highest BCUT2D eigenvalue weighted by Crippen LogP contribution is 2.25. The molecule has 2 rings (SSSR count). The molecule has 1 saturated heterocycles. The SMILES string of the molecule is CC1CCN(S(=O)(=O)c2cccc(S(=O)(=O)F)c2)C1. The third kappa shape index (κ3) is 2.96. The summed E-state index contributed by atoms with van der Waals surface area (Å²) in [5, 5.41) is 0. The van der Waals surface area contributed by atoms with Crippen molar-refractivity contribution in [1.29, 1.82) is 0 Å². The van der Waals surface area contributed by atoms with Crippen molar-refractivity contribution in [2.45, 2.75) is 23.1 Å². The lowest BCUT2D eigenvalue weighted by Crippen LogP contribution is -2.28. The van der Waals surface area contributed by atoms with Gasteiger partial charge in [-0.15, -0.1) is 3.89 Å². The van der Waals surface area contributed by atoms with Crippen LogP contribution in [0.2, 0.25) is 0 Å². The van der Waals surface area contributed by atoms with Gasteiger partial charge in [0, 0.05) is 13.1 Å². The lowest BCUT2D eigenvalue weighted by Gasteiger charge is -2.16. The van der Waals surface area contributed by atoms with Crippen LogP contribution in [0.5, 0.6) is 0 Å². The summed E-state index contributed by atoms with van der Waals surface area (Å²) in [6.07, 6.45) is 0.764. The van der Waals surface area contributed by atoms with Crippen LogP contribution in [0.3, 0.4) is 0 Å². The van der Waals surface area contributed by atoms with E-state index in [1.807, 2.05) is 6.92 Å². The monoisotopic (exact) mass is 307 g/mol. The topological polar surface area (TPSA) is 71.5 Å². The molecular weight excluding hydrogens is 293 g/mol. The molecule has 1 aliphatic rings. The van der Waals surface area contributed by atoms with Crippen LogP contribution in [0, 0.1) is 5.92 Å². The molecule has 1 atom stereocenters. The molecule has 0 spiro atoms. The molecule has 5 nitrogen and oxygen atoms in total. The van der Waals surface area contributed by atoms with Gasteiger partial charge in [0.15, 0.2) is 0 Å². The van der Waals surface area contributed by atoms with Gasteiger partial charge in [-0.05, 0) is 30.5 Å². The van der Waals surface area contributed by atoms with Crippen LogP contribution in [0.1, 0.15) is 13.3 Å². The number of nitrogens with zero attached hydrogens (tertiary/aromatic N) is 1. The van der Waals surface area contributed by atoms with Gasteiger partial charge >= 0.3 is 10.2 Å². The van der Waals surface area contributed by atoms with Gasteiger partial charge in [-0.3, -0.25) is 0 Å². The fourth-order valence-electron chi connectivity index (χ4n) is 2.05. The number of hydrogen-bond donors (Lipinski definition) is 0. The maximum absolute atomic E-state index is 12.9. The summed E-state index contributed by atoms with van der Waals surface area (Å²) in [6, 6.07) is 4.38. The lowest BCUT2D eigenvalue weighted by molar-refractivity contribution is 0.464. The van der Waals surface area contributed by atoms with Crippen molar-refractivity contribution in [2.24, 2.45) is 5.92 Å². The van der Waals surface area contributed by atoms with E-state index in [4.69, 9.17) is 0 Å². The Kier molecular flexibility index (Phi) is 3.67. The third-order valence-corrected chi connectivity index (χ3v) is 5.79. The van der Waals surface area contributed by atoms with Gasteiger partial charge in [0.1, 0.15) is 0 Å². The standard InChI is InChI=1S/C11H14FNO4S2/c1-9-5-6-13(8-9)19(16,17)11-4-2-3-10(7-11)18(12,14)15/h2-4,7,9H,5-6,8H2,1H3. The van der Waals surface area contributed by atoms with Crippen molar-refractivity contribution in [1.82, 2.24) is 4.31 Å². The van der Waals surface area contributed by atoms with Crippen LogP contribution in [0.15, 0.2) is 34.1 Å².